The topological polar surface area (TPSA) is 79.1 Å². The SMILES string of the molecule is Oc1ccc(-c2nc(-c3ccncc3)nc3ccccc23)c(O)c1. The number of aromatic hydroxyl groups is 2. The average molecular weight is 315 g/mol. The molecule has 0 saturated heterocycles. The first-order valence-corrected chi connectivity index (χ1v) is 7.42. The summed E-state index contributed by atoms with van der Waals surface area (Å²) in [5.74, 6) is 0.530. The van der Waals surface area contributed by atoms with Gasteiger partial charge < -0.3 is 10.2 Å². The Bertz CT molecular complexity index is 1030. The Labute approximate surface area is 137 Å². The summed E-state index contributed by atoms with van der Waals surface area (Å²) in [4.78, 5) is 13.3. The average Bonchev–Trinajstić information content (AvgIpc) is 2.62. The Morgan fingerprint density at radius 3 is 2.38 bits per heavy atom. The standard InChI is InChI=1S/C19H13N3O2/c23-13-5-6-15(17(24)11-13)18-14-3-1-2-4-16(14)21-19(22-18)12-7-9-20-10-8-12/h1-11,23-24H. The Hall–Kier alpha value is -3.47. The molecule has 2 aromatic heterocycles. The molecule has 0 amide bonds. The molecule has 0 atom stereocenters. The van der Waals surface area contributed by atoms with Crippen molar-refractivity contribution in [2.75, 3.05) is 0 Å². The summed E-state index contributed by atoms with van der Waals surface area (Å²) in [6, 6.07) is 15.8. The van der Waals surface area contributed by atoms with Crippen LogP contribution in [0.5, 0.6) is 11.5 Å². The molecular formula is C19H13N3O2. The number of rotatable bonds is 2. The van der Waals surface area contributed by atoms with Crippen molar-refractivity contribution in [3.63, 3.8) is 0 Å². The number of hydrogen-bond acceptors (Lipinski definition) is 5. The van der Waals surface area contributed by atoms with Gasteiger partial charge >= 0.3 is 0 Å². The molecule has 0 aliphatic rings. The molecule has 2 heterocycles. The monoisotopic (exact) mass is 315 g/mol. The number of hydrogen-bond donors (Lipinski definition) is 2. The Morgan fingerprint density at radius 2 is 1.58 bits per heavy atom. The molecule has 2 aromatic carbocycles. The molecule has 0 saturated carbocycles. The first kappa shape index (κ1) is 14.1. The summed E-state index contributed by atoms with van der Waals surface area (Å²) in [6.45, 7) is 0. The van der Waals surface area contributed by atoms with E-state index in [4.69, 9.17) is 0 Å². The maximum absolute atomic E-state index is 10.2. The van der Waals surface area contributed by atoms with Crippen molar-refractivity contribution in [3.05, 3.63) is 67.0 Å². The molecule has 0 fully saturated rings. The van der Waals surface area contributed by atoms with Crippen LogP contribution in [-0.4, -0.2) is 25.2 Å². The molecule has 116 valence electrons. The normalized spacial score (nSPS) is 10.8. The predicted molar refractivity (Wildman–Crippen MR) is 91.5 cm³/mol. The smallest absolute Gasteiger partial charge is 0.160 e. The van der Waals surface area contributed by atoms with Crippen LogP contribution >= 0.6 is 0 Å². The minimum Gasteiger partial charge on any atom is -0.508 e. The summed E-state index contributed by atoms with van der Waals surface area (Å²) in [6.07, 6.45) is 3.37. The molecular weight excluding hydrogens is 302 g/mol. The molecule has 0 spiro atoms. The predicted octanol–water partition coefficient (Wildman–Crippen LogP) is 3.77. The Balaban J connectivity index is 2.03. The van der Waals surface area contributed by atoms with Crippen LogP contribution in [0.4, 0.5) is 0 Å². The van der Waals surface area contributed by atoms with Crippen LogP contribution < -0.4 is 0 Å². The van der Waals surface area contributed by atoms with Crippen LogP contribution in [0.3, 0.4) is 0 Å². The largest absolute Gasteiger partial charge is 0.508 e. The molecule has 0 bridgehead atoms. The first-order chi connectivity index (χ1) is 11.7. The van der Waals surface area contributed by atoms with Gasteiger partial charge in [0.1, 0.15) is 11.5 Å². The third-order valence-electron chi connectivity index (χ3n) is 3.78. The minimum atomic E-state index is -0.0282. The number of para-hydroxylation sites is 1. The highest BCUT2D eigenvalue weighted by molar-refractivity contribution is 5.95. The molecule has 0 radical (unpaired) electrons. The number of pyridine rings is 1. The molecule has 4 aromatic rings. The highest BCUT2D eigenvalue weighted by Crippen LogP contribution is 2.35. The van der Waals surface area contributed by atoms with E-state index in [2.05, 4.69) is 15.0 Å². The number of aromatic nitrogens is 3. The van der Waals surface area contributed by atoms with Gasteiger partial charge in [-0.1, -0.05) is 18.2 Å². The third kappa shape index (κ3) is 2.42. The van der Waals surface area contributed by atoms with Crippen LogP contribution in [0.1, 0.15) is 0 Å². The fraction of sp³-hybridized carbons (Fsp3) is 0. The van der Waals surface area contributed by atoms with E-state index in [0.29, 0.717) is 17.1 Å². The van der Waals surface area contributed by atoms with Gasteiger partial charge in [0.05, 0.1) is 11.2 Å². The second kappa shape index (κ2) is 5.62. The quantitative estimate of drug-likeness (QED) is 0.588. The molecule has 2 N–H and O–H groups in total. The van der Waals surface area contributed by atoms with Gasteiger partial charge in [0.2, 0.25) is 0 Å². The van der Waals surface area contributed by atoms with Crippen LogP contribution in [-0.2, 0) is 0 Å². The third-order valence-corrected chi connectivity index (χ3v) is 3.78. The maximum atomic E-state index is 10.2. The van der Waals surface area contributed by atoms with Crippen molar-refractivity contribution in [3.8, 4) is 34.1 Å². The van der Waals surface area contributed by atoms with E-state index in [1.807, 2.05) is 36.4 Å². The zero-order valence-corrected chi connectivity index (χ0v) is 12.6. The van der Waals surface area contributed by atoms with Gasteiger partial charge in [-0.15, -0.1) is 0 Å². The first-order valence-electron chi connectivity index (χ1n) is 7.42. The van der Waals surface area contributed by atoms with Crippen molar-refractivity contribution in [2.24, 2.45) is 0 Å². The fourth-order valence-corrected chi connectivity index (χ4v) is 2.63. The second-order valence-electron chi connectivity index (χ2n) is 5.35. The van der Waals surface area contributed by atoms with Crippen LogP contribution in [0, 0.1) is 0 Å². The van der Waals surface area contributed by atoms with Crippen molar-refractivity contribution in [1.29, 1.82) is 0 Å². The number of fused-ring (bicyclic) bond motifs is 1. The number of benzene rings is 2. The van der Waals surface area contributed by atoms with Gasteiger partial charge in [-0.05, 0) is 30.3 Å². The van der Waals surface area contributed by atoms with E-state index in [9.17, 15) is 10.2 Å². The number of phenolic OH excluding ortho intramolecular Hbond substituents is 2. The van der Waals surface area contributed by atoms with Crippen molar-refractivity contribution in [2.45, 2.75) is 0 Å². The van der Waals surface area contributed by atoms with Crippen molar-refractivity contribution in [1.82, 2.24) is 15.0 Å². The minimum absolute atomic E-state index is 0.00367. The van der Waals surface area contributed by atoms with E-state index in [1.54, 1.807) is 18.5 Å². The van der Waals surface area contributed by atoms with Gasteiger partial charge in [-0.2, -0.15) is 0 Å². The van der Waals surface area contributed by atoms with Crippen molar-refractivity contribution < 1.29 is 10.2 Å². The Morgan fingerprint density at radius 1 is 0.792 bits per heavy atom. The summed E-state index contributed by atoms with van der Waals surface area (Å²) >= 11 is 0. The van der Waals surface area contributed by atoms with Crippen LogP contribution in [0.2, 0.25) is 0 Å². The van der Waals surface area contributed by atoms with Crippen LogP contribution in [0.15, 0.2) is 67.0 Å². The van der Waals surface area contributed by atoms with E-state index in [-0.39, 0.29) is 11.5 Å². The lowest BCUT2D eigenvalue weighted by Crippen LogP contribution is -1.95. The molecule has 4 rings (SSSR count). The molecule has 5 nitrogen and oxygen atoms in total. The van der Waals surface area contributed by atoms with E-state index < -0.39 is 0 Å². The summed E-state index contributed by atoms with van der Waals surface area (Å²) in [5.41, 5.74) is 2.78. The lowest BCUT2D eigenvalue weighted by molar-refractivity contribution is 0.452. The molecule has 5 heteroatoms. The highest BCUT2D eigenvalue weighted by Gasteiger charge is 2.14. The maximum Gasteiger partial charge on any atom is 0.160 e. The molecule has 0 aliphatic carbocycles. The van der Waals surface area contributed by atoms with Gasteiger partial charge in [0.25, 0.3) is 0 Å². The Kier molecular flexibility index (Phi) is 3.31. The summed E-state index contributed by atoms with van der Waals surface area (Å²) in [7, 11) is 0. The van der Waals surface area contributed by atoms with Gasteiger partial charge in [-0.25, -0.2) is 9.97 Å². The lowest BCUT2D eigenvalue weighted by Gasteiger charge is -2.10. The van der Waals surface area contributed by atoms with Gasteiger partial charge in [0, 0.05) is 35.0 Å². The zero-order chi connectivity index (χ0) is 16.5. The molecule has 0 aliphatic heterocycles. The summed E-state index contributed by atoms with van der Waals surface area (Å²) in [5, 5.41) is 20.6. The fourth-order valence-electron chi connectivity index (χ4n) is 2.63. The highest BCUT2D eigenvalue weighted by atomic mass is 16.3. The summed E-state index contributed by atoms with van der Waals surface area (Å²) < 4.78 is 0. The zero-order valence-electron chi connectivity index (χ0n) is 12.6. The van der Waals surface area contributed by atoms with Crippen molar-refractivity contribution >= 4 is 10.9 Å². The number of nitrogens with zero attached hydrogens (tertiary/aromatic N) is 3. The lowest BCUT2D eigenvalue weighted by atomic mass is 10.0. The van der Waals surface area contributed by atoms with E-state index in [0.717, 1.165) is 16.5 Å². The molecule has 24 heavy (non-hydrogen) atoms. The van der Waals surface area contributed by atoms with E-state index >= 15 is 0 Å². The van der Waals surface area contributed by atoms with Gasteiger partial charge in [0.15, 0.2) is 5.82 Å². The molecule has 0 unspecified atom stereocenters. The van der Waals surface area contributed by atoms with Crippen LogP contribution in [0.25, 0.3) is 33.5 Å². The van der Waals surface area contributed by atoms with Gasteiger partial charge in [-0.3, -0.25) is 4.98 Å². The second-order valence-corrected chi connectivity index (χ2v) is 5.35. The van der Waals surface area contributed by atoms with E-state index in [1.165, 1.54) is 12.1 Å². The number of phenols is 2.